The third-order valence-electron chi connectivity index (χ3n) is 5.81. The number of hydrogen-bond acceptors (Lipinski definition) is 3. The van der Waals surface area contributed by atoms with E-state index < -0.39 is 11.7 Å². The summed E-state index contributed by atoms with van der Waals surface area (Å²) in [4.78, 5) is 0. The SMILES string of the molecule is CC(C)(CNC1CCCC1C1COCCN1)c1cccc(C(F)(F)F)c1.Cl. The van der Waals surface area contributed by atoms with Crippen molar-refractivity contribution in [1.82, 2.24) is 10.6 Å². The molecule has 1 saturated heterocycles. The van der Waals surface area contributed by atoms with Gasteiger partial charge in [-0.15, -0.1) is 12.4 Å². The first-order chi connectivity index (χ1) is 12.3. The van der Waals surface area contributed by atoms with Crippen molar-refractivity contribution in [2.45, 2.75) is 56.8 Å². The van der Waals surface area contributed by atoms with Crippen molar-refractivity contribution in [3.05, 3.63) is 35.4 Å². The fourth-order valence-corrected chi connectivity index (χ4v) is 4.19. The zero-order chi connectivity index (χ0) is 18.8. The van der Waals surface area contributed by atoms with E-state index in [1.54, 1.807) is 6.07 Å². The zero-order valence-corrected chi connectivity index (χ0v) is 16.8. The predicted molar refractivity (Wildman–Crippen MR) is 103 cm³/mol. The summed E-state index contributed by atoms with van der Waals surface area (Å²) < 4.78 is 44.6. The van der Waals surface area contributed by atoms with Crippen LogP contribution in [0.5, 0.6) is 0 Å². The van der Waals surface area contributed by atoms with E-state index in [4.69, 9.17) is 4.74 Å². The monoisotopic (exact) mass is 406 g/mol. The molecule has 27 heavy (non-hydrogen) atoms. The van der Waals surface area contributed by atoms with E-state index in [0.717, 1.165) is 32.2 Å². The van der Waals surface area contributed by atoms with Crippen LogP contribution >= 0.6 is 12.4 Å². The van der Waals surface area contributed by atoms with E-state index in [9.17, 15) is 13.2 Å². The topological polar surface area (TPSA) is 33.3 Å². The number of morpholine rings is 1. The van der Waals surface area contributed by atoms with Gasteiger partial charge in [-0.1, -0.05) is 38.5 Å². The van der Waals surface area contributed by atoms with Gasteiger partial charge in [0.05, 0.1) is 18.8 Å². The van der Waals surface area contributed by atoms with Gasteiger partial charge >= 0.3 is 6.18 Å². The third kappa shape index (κ3) is 5.59. The van der Waals surface area contributed by atoms with Crippen molar-refractivity contribution in [3.63, 3.8) is 0 Å². The third-order valence-corrected chi connectivity index (χ3v) is 5.81. The Balaban J connectivity index is 0.00000261. The number of ether oxygens (including phenoxy) is 1. The summed E-state index contributed by atoms with van der Waals surface area (Å²) in [7, 11) is 0. The molecule has 2 fully saturated rings. The molecule has 1 aromatic carbocycles. The Morgan fingerprint density at radius 3 is 2.59 bits per heavy atom. The summed E-state index contributed by atoms with van der Waals surface area (Å²) in [5.74, 6) is 0.521. The molecule has 0 spiro atoms. The Kier molecular flexibility index (Phi) is 7.59. The van der Waals surface area contributed by atoms with Crippen LogP contribution in [0.1, 0.15) is 44.2 Å². The van der Waals surface area contributed by atoms with Crippen LogP contribution in [0.25, 0.3) is 0 Å². The highest BCUT2D eigenvalue weighted by Crippen LogP contribution is 2.34. The van der Waals surface area contributed by atoms with Gasteiger partial charge in [-0.3, -0.25) is 0 Å². The molecule has 154 valence electrons. The lowest BCUT2D eigenvalue weighted by atomic mass is 9.83. The molecule has 2 N–H and O–H groups in total. The number of halogens is 4. The fraction of sp³-hybridized carbons (Fsp3) is 0.700. The zero-order valence-electron chi connectivity index (χ0n) is 15.9. The molecule has 1 aliphatic carbocycles. The van der Waals surface area contributed by atoms with E-state index in [1.165, 1.54) is 25.0 Å². The summed E-state index contributed by atoms with van der Waals surface area (Å²) >= 11 is 0. The Bertz CT molecular complexity index is 603. The molecule has 3 nitrogen and oxygen atoms in total. The van der Waals surface area contributed by atoms with E-state index in [2.05, 4.69) is 10.6 Å². The second-order valence-electron chi connectivity index (χ2n) is 8.18. The predicted octanol–water partition coefficient (Wildman–Crippen LogP) is 4.15. The molecule has 0 radical (unpaired) electrons. The maximum Gasteiger partial charge on any atom is 0.416 e. The fourth-order valence-electron chi connectivity index (χ4n) is 4.19. The van der Waals surface area contributed by atoms with Crippen molar-refractivity contribution in [2.75, 3.05) is 26.3 Å². The van der Waals surface area contributed by atoms with Crippen LogP contribution in [-0.4, -0.2) is 38.4 Å². The highest BCUT2D eigenvalue weighted by Gasteiger charge is 2.36. The number of alkyl halides is 3. The maximum absolute atomic E-state index is 13.0. The van der Waals surface area contributed by atoms with Gasteiger partial charge in [-0.05, 0) is 30.4 Å². The maximum atomic E-state index is 13.0. The first-order valence-electron chi connectivity index (χ1n) is 9.50. The highest BCUT2D eigenvalue weighted by molar-refractivity contribution is 5.85. The normalized spacial score (nSPS) is 26.6. The minimum absolute atomic E-state index is 0. The van der Waals surface area contributed by atoms with E-state index in [-0.39, 0.29) is 17.8 Å². The molecule has 2 aliphatic rings. The van der Waals surface area contributed by atoms with Crippen molar-refractivity contribution in [3.8, 4) is 0 Å². The second kappa shape index (κ2) is 9.12. The molecule has 3 atom stereocenters. The Morgan fingerprint density at radius 1 is 1.19 bits per heavy atom. The van der Waals surface area contributed by atoms with Crippen LogP contribution in [0, 0.1) is 5.92 Å². The molecule has 1 heterocycles. The van der Waals surface area contributed by atoms with Crippen LogP contribution in [0.2, 0.25) is 0 Å². The molecule has 0 bridgehead atoms. The second-order valence-corrected chi connectivity index (χ2v) is 8.18. The average molecular weight is 407 g/mol. The van der Waals surface area contributed by atoms with Crippen LogP contribution < -0.4 is 10.6 Å². The van der Waals surface area contributed by atoms with Crippen molar-refractivity contribution >= 4 is 12.4 Å². The average Bonchev–Trinajstić information content (AvgIpc) is 3.09. The quantitative estimate of drug-likeness (QED) is 0.770. The van der Waals surface area contributed by atoms with Gasteiger partial charge in [-0.25, -0.2) is 0 Å². The summed E-state index contributed by atoms with van der Waals surface area (Å²) in [6.07, 6.45) is -0.836. The van der Waals surface area contributed by atoms with E-state index >= 15 is 0 Å². The lowest BCUT2D eigenvalue weighted by Gasteiger charge is -2.35. The number of rotatable bonds is 5. The molecular weight excluding hydrogens is 377 g/mol. The van der Waals surface area contributed by atoms with Crippen molar-refractivity contribution < 1.29 is 17.9 Å². The minimum atomic E-state index is -4.30. The summed E-state index contributed by atoms with van der Waals surface area (Å²) in [5.41, 5.74) is -0.232. The minimum Gasteiger partial charge on any atom is -0.379 e. The Hall–Kier alpha value is -0.820. The van der Waals surface area contributed by atoms with E-state index in [0.29, 0.717) is 30.1 Å². The molecule has 7 heteroatoms. The van der Waals surface area contributed by atoms with Gasteiger partial charge in [0.15, 0.2) is 0 Å². The van der Waals surface area contributed by atoms with Crippen molar-refractivity contribution in [2.24, 2.45) is 5.92 Å². The van der Waals surface area contributed by atoms with Gasteiger partial charge in [0, 0.05) is 30.6 Å². The number of nitrogens with one attached hydrogen (secondary N) is 2. The molecule has 3 rings (SSSR count). The highest BCUT2D eigenvalue weighted by atomic mass is 35.5. The molecule has 0 aromatic heterocycles. The number of hydrogen-bond donors (Lipinski definition) is 2. The summed E-state index contributed by atoms with van der Waals surface area (Å²) in [5, 5.41) is 7.20. The van der Waals surface area contributed by atoms with E-state index in [1.807, 2.05) is 13.8 Å². The largest absolute Gasteiger partial charge is 0.416 e. The van der Waals surface area contributed by atoms with Crippen LogP contribution in [-0.2, 0) is 16.3 Å². The number of benzene rings is 1. The van der Waals surface area contributed by atoms with Gasteiger partial charge in [0.1, 0.15) is 0 Å². The molecule has 1 aliphatic heterocycles. The smallest absolute Gasteiger partial charge is 0.379 e. The Labute approximate surface area is 165 Å². The summed E-state index contributed by atoms with van der Waals surface area (Å²) in [6, 6.07) is 6.47. The molecular formula is C20H30ClF3N2O. The first-order valence-corrected chi connectivity index (χ1v) is 9.50. The first kappa shape index (κ1) is 22.5. The van der Waals surface area contributed by atoms with Crippen molar-refractivity contribution in [1.29, 1.82) is 0 Å². The van der Waals surface area contributed by atoms with Gasteiger partial charge in [0.2, 0.25) is 0 Å². The van der Waals surface area contributed by atoms with Crippen LogP contribution in [0.15, 0.2) is 24.3 Å². The van der Waals surface area contributed by atoms with Gasteiger partial charge < -0.3 is 15.4 Å². The standard InChI is InChI=1S/C20H29F3N2O.ClH/c1-19(2,14-5-3-6-15(11-14)20(21,22)23)13-25-17-8-4-7-16(17)18-12-26-10-9-24-18;/h3,5-6,11,16-18,24-25H,4,7-10,12-13H2,1-2H3;1H. The lowest BCUT2D eigenvalue weighted by molar-refractivity contribution is -0.137. The molecule has 1 saturated carbocycles. The van der Waals surface area contributed by atoms with Gasteiger partial charge in [0.25, 0.3) is 0 Å². The Morgan fingerprint density at radius 2 is 1.93 bits per heavy atom. The van der Waals surface area contributed by atoms with Crippen LogP contribution in [0.3, 0.4) is 0 Å². The molecule has 3 unspecified atom stereocenters. The lowest BCUT2D eigenvalue weighted by Crippen LogP contribution is -2.52. The van der Waals surface area contributed by atoms with Gasteiger partial charge in [-0.2, -0.15) is 13.2 Å². The van der Waals surface area contributed by atoms with Crippen LogP contribution in [0.4, 0.5) is 13.2 Å². The summed E-state index contributed by atoms with van der Waals surface area (Å²) in [6.45, 7) is 7.07. The molecule has 1 aromatic rings. The molecule has 0 amide bonds.